The number of carbonyl (C=O) groups excluding carboxylic acids is 1. The Bertz CT molecular complexity index is 127. The van der Waals surface area contributed by atoms with Gasteiger partial charge in [0.15, 0.2) is 0 Å². The van der Waals surface area contributed by atoms with Gasteiger partial charge in [0.1, 0.15) is 9.68 Å². The molecule has 11 heavy (non-hydrogen) atoms. The van der Waals surface area contributed by atoms with Crippen LogP contribution in [0.2, 0.25) is 6.55 Å². The predicted molar refractivity (Wildman–Crippen MR) is 51.3 cm³/mol. The molecule has 0 spiro atoms. The van der Waals surface area contributed by atoms with Crippen LogP contribution in [-0.4, -0.2) is 26.2 Å². The Morgan fingerprint density at radius 1 is 1.55 bits per heavy atom. The zero-order valence-corrected chi connectivity index (χ0v) is 9.47. The second-order valence-electron chi connectivity index (χ2n) is 2.79. The van der Waals surface area contributed by atoms with E-state index in [-0.39, 0.29) is 9.68 Å². The van der Waals surface area contributed by atoms with Crippen molar-refractivity contribution in [3.8, 4) is 0 Å². The van der Waals surface area contributed by atoms with Gasteiger partial charge in [-0.1, -0.05) is 20.4 Å². The highest BCUT2D eigenvalue weighted by Crippen LogP contribution is 2.03. The second kappa shape index (κ2) is 5.35. The smallest absolute Gasteiger partial charge is 0.214 e. The molecule has 1 atom stereocenters. The van der Waals surface area contributed by atoms with Crippen LogP contribution in [0.5, 0.6) is 0 Å². The maximum Gasteiger partial charge on any atom is 0.214 e. The van der Waals surface area contributed by atoms with E-state index in [1.54, 1.807) is 0 Å². The van der Waals surface area contributed by atoms with Crippen LogP contribution >= 0.6 is 0 Å². The van der Waals surface area contributed by atoms with Crippen LogP contribution in [0.1, 0.15) is 33.6 Å². The van der Waals surface area contributed by atoms with Gasteiger partial charge in [-0.25, -0.2) is 0 Å². The Hall–Kier alpha value is -0.313. The first-order chi connectivity index (χ1) is 5.17. The lowest BCUT2D eigenvalue weighted by atomic mass is 10.2. The summed E-state index contributed by atoms with van der Waals surface area (Å²) in [6, 6.07) is 0.458. The van der Waals surface area contributed by atoms with E-state index < -0.39 is 0 Å². The lowest BCUT2D eigenvalue weighted by Crippen LogP contribution is -2.39. The van der Waals surface area contributed by atoms with Gasteiger partial charge in [0.05, 0.1) is 0 Å². The molecule has 0 aromatic heterocycles. The molecule has 0 heterocycles. The molecule has 0 aliphatic rings. The number of amides is 1. The molecule has 0 aromatic rings. The molecule has 1 amide bonds. The van der Waals surface area contributed by atoms with E-state index in [1.807, 2.05) is 6.92 Å². The summed E-state index contributed by atoms with van der Waals surface area (Å²) in [6.45, 7) is 8.36. The predicted octanol–water partition coefficient (Wildman–Crippen LogP) is 1.16. The van der Waals surface area contributed by atoms with Gasteiger partial charge in [-0.3, -0.25) is 4.79 Å². The first kappa shape index (κ1) is 10.7. The van der Waals surface area contributed by atoms with Crippen molar-refractivity contribution in [2.24, 2.45) is 0 Å². The highest BCUT2D eigenvalue weighted by molar-refractivity contribution is 6.35. The van der Waals surface area contributed by atoms with Crippen molar-refractivity contribution in [1.82, 2.24) is 4.57 Å². The molecule has 1 unspecified atom stereocenters. The van der Waals surface area contributed by atoms with Crippen LogP contribution in [0, 0.1) is 0 Å². The lowest BCUT2D eigenvalue weighted by molar-refractivity contribution is -0.127. The lowest BCUT2D eigenvalue weighted by Gasteiger charge is -2.27. The Kier molecular flexibility index (Phi) is 5.20. The fraction of sp³-hybridized carbons (Fsp3) is 0.875. The van der Waals surface area contributed by atoms with Crippen molar-refractivity contribution in [2.45, 2.75) is 46.2 Å². The second-order valence-corrected chi connectivity index (χ2v) is 4.10. The molecular weight excluding hydrogens is 154 g/mol. The zero-order chi connectivity index (χ0) is 8.85. The number of hydrogen-bond acceptors (Lipinski definition) is 1. The molecule has 0 aromatic carbocycles. The van der Waals surface area contributed by atoms with Crippen molar-refractivity contribution < 1.29 is 4.79 Å². The Labute approximate surface area is 71.9 Å². The van der Waals surface area contributed by atoms with E-state index in [4.69, 9.17) is 0 Å². The molecule has 2 nitrogen and oxygen atoms in total. The van der Waals surface area contributed by atoms with Crippen LogP contribution in [0.3, 0.4) is 0 Å². The number of carbonyl (C=O) groups is 1. The largest absolute Gasteiger partial charge is 0.373 e. The third kappa shape index (κ3) is 3.06. The molecule has 66 valence electrons. The molecule has 0 rings (SSSR count). The number of hydrogen-bond donors (Lipinski definition) is 0. The molecule has 0 saturated heterocycles. The number of nitrogens with zero attached hydrogens (tertiary/aromatic N) is 1. The van der Waals surface area contributed by atoms with Crippen LogP contribution in [0.4, 0.5) is 0 Å². The molecule has 3 heteroatoms. The summed E-state index contributed by atoms with van der Waals surface area (Å²) >= 11 is 0. The topological polar surface area (TPSA) is 20.3 Å². The summed E-state index contributed by atoms with van der Waals surface area (Å²) in [5.74, 6) is 0.327. The summed E-state index contributed by atoms with van der Waals surface area (Å²) in [5.41, 5.74) is 0. The van der Waals surface area contributed by atoms with Gasteiger partial charge in [0, 0.05) is 12.5 Å². The van der Waals surface area contributed by atoms with Gasteiger partial charge >= 0.3 is 0 Å². The first-order valence-corrected chi connectivity index (χ1v) is 6.51. The van der Waals surface area contributed by atoms with E-state index in [2.05, 4.69) is 25.0 Å². The molecule has 0 aliphatic heterocycles. The first-order valence-electron chi connectivity index (χ1n) is 4.46. The summed E-state index contributed by atoms with van der Waals surface area (Å²) in [7, 11) is -0.305. The van der Waals surface area contributed by atoms with Crippen LogP contribution in [0.25, 0.3) is 0 Å². The highest BCUT2D eigenvalue weighted by atomic mass is 28.2. The van der Waals surface area contributed by atoms with Crippen molar-refractivity contribution >= 4 is 15.6 Å². The molecule has 0 fully saturated rings. The molecule has 0 N–H and O–H groups in total. The summed E-state index contributed by atoms with van der Waals surface area (Å²) < 4.78 is 2.07. The third-order valence-corrected chi connectivity index (χ3v) is 3.74. The van der Waals surface area contributed by atoms with Gasteiger partial charge < -0.3 is 4.57 Å². The minimum Gasteiger partial charge on any atom is -0.373 e. The van der Waals surface area contributed by atoms with Crippen LogP contribution in [-0.2, 0) is 4.79 Å². The van der Waals surface area contributed by atoms with Gasteiger partial charge in [-0.15, -0.1) is 0 Å². The van der Waals surface area contributed by atoms with Gasteiger partial charge in [0.2, 0.25) is 5.91 Å². The third-order valence-electron chi connectivity index (χ3n) is 2.09. The average Bonchev–Trinajstić information content (AvgIpc) is 2.05. The van der Waals surface area contributed by atoms with E-state index >= 15 is 0 Å². The monoisotopic (exact) mass is 173 g/mol. The van der Waals surface area contributed by atoms with E-state index in [0.29, 0.717) is 18.4 Å². The fourth-order valence-corrected chi connectivity index (χ4v) is 2.62. The van der Waals surface area contributed by atoms with E-state index in [9.17, 15) is 4.79 Å². The Morgan fingerprint density at radius 2 is 2.09 bits per heavy atom. The number of rotatable bonds is 4. The maximum absolute atomic E-state index is 11.3. The Balaban J connectivity index is 4.03. The zero-order valence-electron chi connectivity index (χ0n) is 8.05. The van der Waals surface area contributed by atoms with Crippen molar-refractivity contribution in [3.63, 3.8) is 0 Å². The minimum atomic E-state index is -0.305. The van der Waals surface area contributed by atoms with Crippen molar-refractivity contribution in [2.75, 3.05) is 0 Å². The summed E-state index contributed by atoms with van der Waals surface area (Å²) in [6.07, 6.45) is 1.73. The fourth-order valence-electron chi connectivity index (χ4n) is 1.16. The molecule has 0 aliphatic carbocycles. The SMILES string of the molecule is CCC(=O)N([SiH2]C)C(C)CC. The highest BCUT2D eigenvalue weighted by Gasteiger charge is 2.13. The van der Waals surface area contributed by atoms with Crippen LogP contribution in [0.15, 0.2) is 0 Å². The average molecular weight is 173 g/mol. The van der Waals surface area contributed by atoms with Gasteiger partial charge in [0.25, 0.3) is 0 Å². The van der Waals surface area contributed by atoms with Gasteiger partial charge in [-0.2, -0.15) is 0 Å². The van der Waals surface area contributed by atoms with E-state index in [0.717, 1.165) is 6.42 Å². The standard InChI is InChI=1S/C8H19NOSi/c1-5-7(3)9(11-4)8(10)6-2/h7H,5-6,11H2,1-4H3. The van der Waals surface area contributed by atoms with Crippen molar-refractivity contribution in [3.05, 3.63) is 0 Å². The molecular formula is C8H19NOSi. The quantitative estimate of drug-likeness (QED) is 0.584. The van der Waals surface area contributed by atoms with E-state index in [1.165, 1.54) is 0 Å². The summed E-state index contributed by atoms with van der Waals surface area (Å²) in [4.78, 5) is 11.3. The maximum atomic E-state index is 11.3. The molecule has 0 bridgehead atoms. The normalized spacial score (nSPS) is 13.8. The van der Waals surface area contributed by atoms with Crippen LogP contribution < -0.4 is 0 Å². The minimum absolute atomic E-state index is 0.305. The van der Waals surface area contributed by atoms with Gasteiger partial charge in [-0.05, 0) is 13.3 Å². The Morgan fingerprint density at radius 3 is 2.36 bits per heavy atom. The van der Waals surface area contributed by atoms with Crippen molar-refractivity contribution in [1.29, 1.82) is 0 Å². The molecule has 0 radical (unpaired) electrons. The summed E-state index contributed by atoms with van der Waals surface area (Å²) in [5, 5.41) is 0. The molecule has 0 saturated carbocycles.